The van der Waals surface area contributed by atoms with Gasteiger partial charge in [-0.1, -0.05) is 0 Å². The average Bonchev–Trinajstić information content (AvgIpc) is 3.05. The molecule has 0 fully saturated rings. The van der Waals surface area contributed by atoms with E-state index in [1.165, 1.54) is 0 Å². The van der Waals surface area contributed by atoms with E-state index in [0.717, 1.165) is 0 Å². The number of nitrogens with one attached hydrogen (secondary N) is 2. The van der Waals surface area contributed by atoms with Crippen LogP contribution in [-0.4, -0.2) is 35.2 Å². The fourth-order valence-corrected chi connectivity index (χ4v) is 1.82. The van der Waals surface area contributed by atoms with E-state index < -0.39 is 11.8 Å². The van der Waals surface area contributed by atoms with Crippen LogP contribution in [0.4, 0.5) is 5.69 Å². The minimum Gasteiger partial charge on any atom is -0.497 e. The number of anilines is 1. The van der Waals surface area contributed by atoms with Crippen molar-refractivity contribution in [3.05, 3.63) is 42.7 Å². The fourth-order valence-electron chi connectivity index (χ4n) is 1.82. The number of carbonyl (C=O) groups is 2. The summed E-state index contributed by atoms with van der Waals surface area (Å²) in [4.78, 5) is 23.4. The zero-order valence-electron chi connectivity index (χ0n) is 12.3. The second kappa shape index (κ2) is 7.82. The van der Waals surface area contributed by atoms with Gasteiger partial charge in [0.05, 0.1) is 7.11 Å². The summed E-state index contributed by atoms with van der Waals surface area (Å²) in [7, 11) is 1.56. The normalized spacial score (nSPS) is 10.0. The summed E-state index contributed by atoms with van der Waals surface area (Å²) >= 11 is 0. The first-order chi connectivity index (χ1) is 10.7. The van der Waals surface area contributed by atoms with Crippen molar-refractivity contribution < 1.29 is 14.3 Å². The van der Waals surface area contributed by atoms with Crippen LogP contribution < -0.4 is 15.4 Å². The van der Waals surface area contributed by atoms with E-state index in [1.807, 2.05) is 12.3 Å². The molecule has 0 aliphatic rings. The van der Waals surface area contributed by atoms with Gasteiger partial charge in [-0.15, -0.1) is 0 Å². The average molecular weight is 302 g/mol. The monoisotopic (exact) mass is 302 g/mol. The van der Waals surface area contributed by atoms with Crippen molar-refractivity contribution in [3.8, 4) is 5.75 Å². The highest BCUT2D eigenvalue weighted by atomic mass is 16.5. The lowest BCUT2D eigenvalue weighted by Crippen LogP contribution is -2.36. The number of aryl methyl sites for hydroxylation is 1. The van der Waals surface area contributed by atoms with Crippen molar-refractivity contribution in [2.24, 2.45) is 0 Å². The second-order valence-electron chi connectivity index (χ2n) is 4.56. The molecule has 22 heavy (non-hydrogen) atoms. The Morgan fingerprint density at radius 3 is 2.64 bits per heavy atom. The van der Waals surface area contributed by atoms with E-state index in [0.29, 0.717) is 30.9 Å². The van der Waals surface area contributed by atoms with Crippen LogP contribution >= 0.6 is 0 Å². The van der Waals surface area contributed by atoms with E-state index in [1.54, 1.807) is 42.3 Å². The number of aromatic nitrogens is 2. The summed E-state index contributed by atoms with van der Waals surface area (Å²) in [6, 6.07) is 8.58. The van der Waals surface area contributed by atoms with Crippen molar-refractivity contribution in [3.63, 3.8) is 0 Å². The molecule has 0 saturated heterocycles. The smallest absolute Gasteiger partial charge is 0.313 e. The maximum absolute atomic E-state index is 11.7. The van der Waals surface area contributed by atoms with Gasteiger partial charge in [-0.3, -0.25) is 14.3 Å². The number of ether oxygens (including phenoxy) is 1. The lowest BCUT2D eigenvalue weighted by atomic mass is 10.3. The molecule has 7 heteroatoms. The lowest BCUT2D eigenvalue weighted by molar-refractivity contribution is -0.136. The van der Waals surface area contributed by atoms with Gasteiger partial charge in [-0.25, -0.2) is 0 Å². The standard InChI is InChI=1S/C15H18N4O3/c1-22-13-6-4-12(5-7-13)18-15(21)14(20)16-8-2-10-19-11-3-9-17-19/h3-7,9,11H,2,8,10H2,1H3,(H,16,20)(H,18,21). The third kappa shape index (κ3) is 4.62. The Morgan fingerprint density at radius 1 is 1.23 bits per heavy atom. The molecule has 0 saturated carbocycles. The molecule has 0 unspecified atom stereocenters. The lowest BCUT2D eigenvalue weighted by Gasteiger charge is -2.07. The van der Waals surface area contributed by atoms with E-state index in [4.69, 9.17) is 4.74 Å². The Hall–Kier alpha value is -2.83. The number of benzene rings is 1. The topological polar surface area (TPSA) is 85.2 Å². The highest BCUT2D eigenvalue weighted by molar-refractivity contribution is 6.39. The third-order valence-corrected chi connectivity index (χ3v) is 2.96. The van der Waals surface area contributed by atoms with Crippen LogP contribution in [-0.2, 0) is 16.1 Å². The number of carbonyl (C=O) groups excluding carboxylic acids is 2. The molecule has 0 bridgehead atoms. The second-order valence-corrected chi connectivity index (χ2v) is 4.56. The number of amides is 2. The van der Waals surface area contributed by atoms with Gasteiger partial charge in [0.1, 0.15) is 5.75 Å². The molecule has 0 aliphatic carbocycles. The van der Waals surface area contributed by atoms with Gasteiger partial charge in [-0.05, 0) is 36.8 Å². The zero-order valence-corrected chi connectivity index (χ0v) is 12.3. The van der Waals surface area contributed by atoms with Crippen molar-refractivity contribution in [1.29, 1.82) is 0 Å². The minimum atomic E-state index is -0.691. The number of nitrogens with zero attached hydrogens (tertiary/aromatic N) is 2. The van der Waals surface area contributed by atoms with Gasteiger partial charge in [0.25, 0.3) is 0 Å². The molecule has 2 N–H and O–H groups in total. The predicted molar refractivity (Wildman–Crippen MR) is 81.5 cm³/mol. The van der Waals surface area contributed by atoms with Gasteiger partial charge in [0.2, 0.25) is 0 Å². The summed E-state index contributed by atoms with van der Waals surface area (Å²) in [5.74, 6) is -0.665. The first kappa shape index (κ1) is 15.6. The molecule has 7 nitrogen and oxygen atoms in total. The first-order valence-corrected chi connectivity index (χ1v) is 6.89. The van der Waals surface area contributed by atoms with Gasteiger partial charge in [-0.2, -0.15) is 5.10 Å². The van der Waals surface area contributed by atoms with E-state index in [9.17, 15) is 9.59 Å². The zero-order chi connectivity index (χ0) is 15.8. The SMILES string of the molecule is COc1ccc(NC(=O)C(=O)NCCCn2cccn2)cc1. The van der Waals surface area contributed by atoms with Crippen molar-refractivity contribution in [1.82, 2.24) is 15.1 Å². The van der Waals surface area contributed by atoms with E-state index in [-0.39, 0.29) is 0 Å². The molecule has 116 valence electrons. The maximum atomic E-state index is 11.7. The third-order valence-electron chi connectivity index (χ3n) is 2.96. The Balaban J connectivity index is 1.70. The van der Waals surface area contributed by atoms with Gasteiger partial charge in [0, 0.05) is 31.2 Å². The Morgan fingerprint density at radius 2 is 2.00 bits per heavy atom. The van der Waals surface area contributed by atoms with E-state index in [2.05, 4.69) is 15.7 Å². The molecule has 1 heterocycles. The summed E-state index contributed by atoms with van der Waals surface area (Å²) in [6.07, 6.45) is 4.24. The van der Waals surface area contributed by atoms with Gasteiger partial charge < -0.3 is 15.4 Å². The summed E-state index contributed by atoms with van der Waals surface area (Å²) in [5, 5.41) is 9.15. The predicted octanol–water partition coefficient (Wildman–Crippen LogP) is 1.04. The molecule has 0 spiro atoms. The fraction of sp³-hybridized carbons (Fsp3) is 0.267. The number of hydrogen-bond donors (Lipinski definition) is 2. The molecule has 2 amide bonds. The van der Waals surface area contributed by atoms with Crippen molar-refractivity contribution in [2.75, 3.05) is 19.0 Å². The Labute approximate surface area is 128 Å². The molecule has 0 atom stereocenters. The first-order valence-electron chi connectivity index (χ1n) is 6.89. The quantitative estimate of drug-likeness (QED) is 0.616. The largest absolute Gasteiger partial charge is 0.497 e. The summed E-state index contributed by atoms with van der Waals surface area (Å²) in [6.45, 7) is 1.10. The van der Waals surface area contributed by atoms with Crippen LogP contribution in [0.1, 0.15) is 6.42 Å². The van der Waals surface area contributed by atoms with Crippen LogP contribution in [0, 0.1) is 0 Å². The molecule has 1 aromatic heterocycles. The minimum absolute atomic E-state index is 0.411. The van der Waals surface area contributed by atoms with Gasteiger partial charge in [0.15, 0.2) is 0 Å². The van der Waals surface area contributed by atoms with Gasteiger partial charge >= 0.3 is 11.8 Å². The maximum Gasteiger partial charge on any atom is 0.313 e. The van der Waals surface area contributed by atoms with Crippen LogP contribution in [0.3, 0.4) is 0 Å². The van der Waals surface area contributed by atoms with Crippen LogP contribution in [0.2, 0.25) is 0 Å². The van der Waals surface area contributed by atoms with Crippen molar-refractivity contribution in [2.45, 2.75) is 13.0 Å². The molecule has 0 radical (unpaired) electrons. The highest BCUT2D eigenvalue weighted by Gasteiger charge is 2.12. The highest BCUT2D eigenvalue weighted by Crippen LogP contribution is 2.14. The summed E-state index contributed by atoms with van der Waals surface area (Å²) in [5.41, 5.74) is 0.539. The Kier molecular flexibility index (Phi) is 5.53. The van der Waals surface area contributed by atoms with Crippen LogP contribution in [0.5, 0.6) is 5.75 Å². The van der Waals surface area contributed by atoms with E-state index >= 15 is 0 Å². The van der Waals surface area contributed by atoms with Crippen molar-refractivity contribution >= 4 is 17.5 Å². The molecular weight excluding hydrogens is 284 g/mol. The molecule has 2 aromatic rings. The number of methoxy groups -OCH3 is 1. The number of hydrogen-bond acceptors (Lipinski definition) is 4. The molecule has 1 aromatic carbocycles. The molecular formula is C15H18N4O3. The molecule has 2 rings (SSSR count). The van der Waals surface area contributed by atoms with Crippen LogP contribution in [0.15, 0.2) is 42.7 Å². The molecule has 0 aliphatic heterocycles. The number of rotatable bonds is 6. The van der Waals surface area contributed by atoms with Crippen LogP contribution in [0.25, 0.3) is 0 Å². The summed E-state index contributed by atoms with van der Waals surface area (Å²) < 4.78 is 6.79. The Bertz CT molecular complexity index is 608.